The van der Waals surface area contributed by atoms with Gasteiger partial charge >= 0.3 is 5.97 Å². The molecule has 0 fully saturated rings. The van der Waals surface area contributed by atoms with Crippen LogP contribution in [0, 0.1) is 0 Å². The minimum atomic E-state index is -1.54. The average molecular weight is 436 g/mol. The van der Waals surface area contributed by atoms with Crippen molar-refractivity contribution in [1.82, 2.24) is 15.0 Å². The van der Waals surface area contributed by atoms with E-state index < -0.39 is 23.6 Å². The molecular weight excluding hydrogens is 420 g/mol. The summed E-state index contributed by atoms with van der Waals surface area (Å²) in [6, 6.07) is 12.2. The zero-order valence-electron chi connectivity index (χ0n) is 16.5. The quantitative estimate of drug-likeness (QED) is 0.278. The number of carbonyl (C=O) groups is 3. The lowest BCUT2D eigenvalue weighted by molar-refractivity contribution is -0.148. The third-order valence-corrected chi connectivity index (χ3v) is 5.44. The van der Waals surface area contributed by atoms with E-state index in [0.29, 0.717) is 22.3 Å². The highest BCUT2D eigenvalue weighted by atomic mass is 32.1. The van der Waals surface area contributed by atoms with Crippen LogP contribution in [0.2, 0.25) is 0 Å². The maximum Gasteiger partial charge on any atom is 0.323 e. The number of hydrogen-bond acceptors (Lipinski definition) is 9. The number of anilines is 1. The molecule has 10 heteroatoms. The van der Waals surface area contributed by atoms with Crippen LogP contribution in [0.1, 0.15) is 11.6 Å². The Morgan fingerprint density at radius 2 is 1.77 bits per heavy atom. The molecule has 31 heavy (non-hydrogen) atoms. The zero-order chi connectivity index (χ0) is 22.0. The van der Waals surface area contributed by atoms with Crippen LogP contribution in [0.15, 0.2) is 48.7 Å². The third-order valence-electron chi connectivity index (χ3n) is 4.50. The smallest absolute Gasteiger partial charge is 0.323 e. The molecule has 0 radical (unpaired) electrons. The lowest BCUT2D eigenvalue weighted by Crippen LogP contribution is -2.33. The molecular formula is C21H16N4O5S. The fraction of sp³-hybridized carbons (Fsp3) is 0.143. The normalized spacial score (nSPS) is 11.8. The summed E-state index contributed by atoms with van der Waals surface area (Å²) in [5.41, 5.74) is 1.75. The van der Waals surface area contributed by atoms with Gasteiger partial charge in [-0.25, -0.2) is 9.97 Å². The second-order valence-corrected chi connectivity index (χ2v) is 7.44. The molecule has 156 valence electrons. The minimum absolute atomic E-state index is 0.0275. The van der Waals surface area contributed by atoms with Crippen molar-refractivity contribution in [1.29, 1.82) is 0 Å². The first kappa shape index (κ1) is 20.4. The Morgan fingerprint density at radius 3 is 2.52 bits per heavy atom. The van der Waals surface area contributed by atoms with Gasteiger partial charge in [0, 0.05) is 0 Å². The van der Waals surface area contributed by atoms with Crippen molar-refractivity contribution in [3.63, 3.8) is 0 Å². The third kappa shape index (κ3) is 4.05. The lowest BCUT2D eigenvalue weighted by atomic mass is 9.99. The van der Waals surface area contributed by atoms with E-state index in [1.807, 2.05) is 0 Å². The number of thiazole rings is 1. The van der Waals surface area contributed by atoms with Gasteiger partial charge in [-0.2, -0.15) is 0 Å². The number of nitrogens with zero attached hydrogens (tertiary/aromatic N) is 3. The number of nitrogens with one attached hydrogen (secondary N) is 1. The predicted molar refractivity (Wildman–Crippen MR) is 114 cm³/mol. The molecule has 0 bridgehead atoms. The number of ether oxygens (including phenoxy) is 2. The van der Waals surface area contributed by atoms with Crippen LogP contribution < -0.4 is 10.1 Å². The first-order valence-electron chi connectivity index (χ1n) is 9.09. The molecule has 9 nitrogen and oxygen atoms in total. The Bertz CT molecular complexity index is 1320. The standard InChI is InChI=1S/C21H16N4O5S/c1-29-11-7-8-14-16(9-11)31-21(24-14)25-19(27)18(26)17(20(28)30-2)15-10-22-12-5-3-4-6-13(12)23-15/h3-10,17H,1-2H3,(H,24,25,27). The number of fused-ring (bicyclic) bond motifs is 2. The lowest BCUT2D eigenvalue weighted by Gasteiger charge is -2.12. The van der Waals surface area contributed by atoms with Crippen molar-refractivity contribution < 1.29 is 23.9 Å². The Labute approximate surface area is 180 Å². The molecule has 1 amide bonds. The van der Waals surface area contributed by atoms with E-state index in [-0.39, 0.29) is 10.8 Å². The maximum absolute atomic E-state index is 12.9. The average Bonchev–Trinajstić information content (AvgIpc) is 3.20. The fourth-order valence-corrected chi connectivity index (χ4v) is 3.86. The fourth-order valence-electron chi connectivity index (χ4n) is 2.97. The van der Waals surface area contributed by atoms with Crippen LogP contribution in [-0.4, -0.2) is 46.8 Å². The van der Waals surface area contributed by atoms with Gasteiger partial charge in [-0.15, -0.1) is 0 Å². The molecule has 1 atom stereocenters. The van der Waals surface area contributed by atoms with E-state index in [9.17, 15) is 14.4 Å². The number of ketones is 1. The van der Waals surface area contributed by atoms with Gasteiger partial charge in [0.15, 0.2) is 11.0 Å². The van der Waals surface area contributed by atoms with Gasteiger partial charge in [0.05, 0.1) is 47.4 Å². The number of rotatable bonds is 6. The van der Waals surface area contributed by atoms with Gasteiger partial charge < -0.3 is 9.47 Å². The van der Waals surface area contributed by atoms with E-state index in [0.717, 1.165) is 11.8 Å². The molecule has 1 N–H and O–H groups in total. The SMILES string of the molecule is COC(=O)C(C(=O)C(=O)Nc1nc2ccc(OC)cc2s1)c1cnc2ccccc2n1. The predicted octanol–water partition coefficient (Wildman–Crippen LogP) is 2.71. The molecule has 2 aromatic carbocycles. The molecule has 1 unspecified atom stereocenters. The molecule has 2 heterocycles. The van der Waals surface area contributed by atoms with E-state index in [1.54, 1.807) is 49.6 Å². The van der Waals surface area contributed by atoms with Gasteiger partial charge in [-0.3, -0.25) is 24.7 Å². The molecule has 0 saturated heterocycles. The summed E-state index contributed by atoms with van der Waals surface area (Å²) >= 11 is 1.18. The van der Waals surface area contributed by atoms with Crippen molar-refractivity contribution >= 4 is 55.4 Å². The molecule has 0 aliphatic rings. The Balaban J connectivity index is 1.62. The van der Waals surface area contributed by atoms with Gasteiger partial charge in [-0.05, 0) is 30.3 Å². The number of carbonyl (C=O) groups excluding carboxylic acids is 3. The summed E-state index contributed by atoms with van der Waals surface area (Å²) in [4.78, 5) is 50.7. The van der Waals surface area contributed by atoms with Gasteiger partial charge in [-0.1, -0.05) is 23.5 Å². The second-order valence-electron chi connectivity index (χ2n) is 6.41. The highest BCUT2D eigenvalue weighted by Crippen LogP contribution is 2.29. The zero-order valence-corrected chi connectivity index (χ0v) is 17.3. The van der Waals surface area contributed by atoms with Crippen LogP contribution in [0.25, 0.3) is 21.3 Å². The first-order valence-corrected chi connectivity index (χ1v) is 9.91. The number of para-hydroxylation sites is 2. The Kier molecular flexibility index (Phi) is 5.54. The van der Waals surface area contributed by atoms with Crippen molar-refractivity contribution in [2.45, 2.75) is 5.92 Å². The number of esters is 1. The number of hydrogen-bond donors (Lipinski definition) is 1. The van der Waals surface area contributed by atoms with E-state index in [4.69, 9.17) is 9.47 Å². The molecule has 4 aromatic rings. The van der Waals surface area contributed by atoms with Crippen molar-refractivity contribution in [3.8, 4) is 5.75 Å². The van der Waals surface area contributed by atoms with Crippen molar-refractivity contribution in [3.05, 3.63) is 54.4 Å². The van der Waals surface area contributed by atoms with Crippen LogP contribution in [0.3, 0.4) is 0 Å². The molecule has 0 saturated carbocycles. The number of benzene rings is 2. The summed E-state index contributed by atoms with van der Waals surface area (Å²) in [5.74, 6) is -3.83. The summed E-state index contributed by atoms with van der Waals surface area (Å²) in [6.45, 7) is 0. The van der Waals surface area contributed by atoms with Crippen LogP contribution in [0.5, 0.6) is 5.75 Å². The van der Waals surface area contributed by atoms with E-state index >= 15 is 0 Å². The second kappa shape index (κ2) is 8.44. The van der Waals surface area contributed by atoms with E-state index in [2.05, 4.69) is 20.3 Å². The van der Waals surface area contributed by atoms with Crippen LogP contribution in [-0.2, 0) is 19.1 Å². The van der Waals surface area contributed by atoms with E-state index in [1.165, 1.54) is 17.5 Å². The summed E-state index contributed by atoms with van der Waals surface area (Å²) in [6.07, 6.45) is 1.29. The number of aromatic nitrogens is 3. The van der Waals surface area contributed by atoms with Crippen molar-refractivity contribution in [2.75, 3.05) is 19.5 Å². The van der Waals surface area contributed by atoms with Gasteiger partial charge in [0.1, 0.15) is 5.75 Å². The highest BCUT2D eigenvalue weighted by Gasteiger charge is 2.36. The molecule has 0 aliphatic carbocycles. The number of methoxy groups -OCH3 is 2. The number of Topliss-reactive ketones (excluding diaryl/α,β-unsaturated/α-hetero) is 1. The molecule has 4 rings (SSSR count). The van der Waals surface area contributed by atoms with Crippen LogP contribution >= 0.6 is 11.3 Å². The summed E-state index contributed by atoms with van der Waals surface area (Å²) in [5, 5.41) is 2.67. The highest BCUT2D eigenvalue weighted by molar-refractivity contribution is 7.22. The monoisotopic (exact) mass is 436 g/mol. The topological polar surface area (TPSA) is 120 Å². The van der Waals surface area contributed by atoms with Crippen molar-refractivity contribution in [2.24, 2.45) is 0 Å². The minimum Gasteiger partial charge on any atom is -0.497 e. The first-order chi connectivity index (χ1) is 15.0. The van der Waals surface area contributed by atoms with Gasteiger partial charge in [0.2, 0.25) is 5.78 Å². The molecule has 0 aliphatic heterocycles. The number of amides is 1. The summed E-state index contributed by atoms with van der Waals surface area (Å²) < 4.78 is 10.7. The van der Waals surface area contributed by atoms with Gasteiger partial charge in [0.25, 0.3) is 5.91 Å². The summed E-state index contributed by atoms with van der Waals surface area (Å²) in [7, 11) is 2.68. The Morgan fingerprint density at radius 1 is 1.00 bits per heavy atom. The van der Waals surface area contributed by atoms with Crippen LogP contribution in [0.4, 0.5) is 5.13 Å². The Hall–Kier alpha value is -3.92. The largest absolute Gasteiger partial charge is 0.497 e. The maximum atomic E-state index is 12.9. The molecule has 2 aromatic heterocycles. The molecule has 0 spiro atoms.